The number of aryl methyl sites for hydroxylation is 2. The maximum Gasteiger partial charge on any atom is 0.331 e. The highest BCUT2D eigenvalue weighted by atomic mass is 127. The quantitative estimate of drug-likeness (QED) is 0.353. The molecule has 0 saturated heterocycles. The maximum atomic E-state index is 14.6. The van der Waals surface area contributed by atoms with Crippen LogP contribution in [0.2, 0.25) is 0 Å². The molecule has 2 heterocycles. The van der Waals surface area contributed by atoms with Crippen LogP contribution in [0.4, 0.5) is 15.9 Å². The fraction of sp³-hybridized carbons (Fsp3) is 0.435. The molecule has 32 heavy (non-hydrogen) atoms. The van der Waals surface area contributed by atoms with Crippen LogP contribution in [-0.4, -0.2) is 13.7 Å². The van der Waals surface area contributed by atoms with Gasteiger partial charge in [0.1, 0.15) is 17.0 Å². The summed E-state index contributed by atoms with van der Waals surface area (Å²) < 4.78 is 19.6. The van der Waals surface area contributed by atoms with E-state index in [0.717, 1.165) is 35.7 Å². The van der Waals surface area contributed by atoms with Crippen molar-refractivity contribution in [1.29, 1.82) is 0 Å². The largest absolute Gasteiger partial charge is 0.338 e. The molecular formula is C23H26FIN4O3. The normalized spacial score (nSPS) is 13.7. The van der Waals surface area contributed by atoms with Crippen LogP contribution in [0.1, 0.15) is 50.6 Å². The smallest absolute Gasteiger partial charge is 0.331 e. The van der Waals surface area contributed by atoms with Crippen molar-refractivity contribution in [2.45, 2.75) is 58.5 Å². The molecule has 1 aromatic carbocycles. The van der Waals surface area contributed by atoms with E-state index in [1.54, 1.807) is 30.7 Å². The third kappa shape index (κ3) is 3.91. The first-order valence-electron chi connectivity index (χ1n) is 10.9. The molecule has 0 amide bonds. The molecule has 7 nitrogen and oxygen atoms in total. The number of aromatic nitrogens is 3. The molecule has 0 atom stereocenters. The van der Waals surface area contributed by atoms with Gasteiger partial charge in [0.25, 0.3) is 11.1 Å². The van der Waals surface area contributed by atoms with Crippen LogP contribution in [0.5, 0.6) is 0 Å². The maximum absolute atomic E-state index is 14.6. The Balaban J connectivity index is 2.07. The Morgan fingerprint density at radius 1 is 1.16 bits per heavy atom. The van der Waals surface area contributed by atoms with Crippen LogP contribution in [-0.2, 0) is 13.6 Å². The second-order valence-electron chi connectivity index (χ2n) is 8.36. The first kappa shape index (κ1) is 22.8. The van der Waals surface area contributed by atoms with Crippen LogP contribution < -0.4 is 22.1 Å². The summed E-state index contributed by atoms with van der Waals surface area (Å²) in [5.41, 5.74) is -0.311. The standard InChI is InChI=1S/C23H26FIN4O3/c1-4-5-6-11-28-19-13(2)21(30)27(3)20(26-17-10-7-14(25)12-16(17)24)18(19)22(31)29(23(28)32)15-8-9-15/h7,10,12,15,26H,4-6,8-9,11H2,1-3H3. The van der Waals surface area contributed by atoms with Crippen LogP contribution >= 0.6 is 22.6 Å². The van der Waals surface area contributed by atoms with E-state index in [1.807, 2.05) is 22.6 Å². The minimum Gasteiger partial charge on any atom is -0.338 e. The van der Waals surface area contributed by atoms with Crippen molar-refractivity contribution in [3.8, 4) is 0 Å². The van der Waals surface area contributed by atoms with Crippen molar-refractivity contribution in [3.63, 3.8) is 0 Å². The van der Waals surface area contributed by atoms with Gasteiger partial charge in [0.05, 0.1) is 11.2 Å². The molecule has 0 radical (unpaired) electrons. The van der Waals surface area contributed by atoms with Crippen LogP contribution in [0.25, 0.3) is 10.9 Å². The molecule has 1 saturated carbocycles. The Hall–Kier alpha value is -2.43. The lowest BCUT2D eigenvalue weighted by atomic mass is 10.1. The van der Waals surface area contributed by atoms with Crippen molar-refractivity contribution >= 4 is 45.0 Å². The van der Waals surface area contributed by atoms with E-state index in [-0.39, 0.29) is 34.2 Å². The SMILES string of the molecule is CCCCCn1c(=O)n(C2CC2)c(=O)c2c(Nc3ccc(I)cc3F)n(C)c(=O)c(C)c21. The highest BCUT2D eigenvalue weighted by Crippen LogP contribution is 2.33. The highest BCUT2D eigenvalue weighted by molar-refractivity contribution is 14.1. The zero-order valence-electron chi connectivity index (χ0n) is 18.4. The zero-order valence-corrected chi connectivity index (χ0v) is 20.5. The van der Waals surface area contributed by atoms with Crippen molar-refractivity contribution in [3.05, 3.63) is 64.3 Å². The third-order valence-corrected chi connectivity index (χ3v) is 6.68. The van der Waals surface area contributed by atoms with E-state index in [2.05, 4.69) is 12.2 Å². The van der Waals surface area contributed by atoms with E-state index in [4.69, 9.17) is 0 Å². The summed E-state index contributed by atoms with van der Waals surface area (Å²) in [5.74, 6) is -0.295. The minimum absolute atomic E-state index is 0.128. The lowest BCUT2D eigenvalue weighted by Gasteiger charge is -2.20. The van der Waals surface area contributed by atoms with Gasteiger partial charge in [-0.25, -0.2) is 9.18 Å². The molecule has 1 aliphatic carbocycles. The Morgan fingerprint density at radius 2 is 1.88 bits per heavy atom. The summed E-state index contributed by atoms with van der Waals surface area (Å²) in [4.78, 5) is 40.0. The molecular weight excluding hydrogens is 526 g/mol. The van der Waals surface area contributed by atoms with Gasteiger partial charge >= 0.3 is 5.69 Å². The number of pyridine rings is 1. The molecule has 170 valence electrons. The van der Waals surface area contributed by atoms with E-state index < -0.39 is 11.4 Å². The Labute approximate surface area is 198 Å². The van der Waals surface area contributed by atoms with Gasteiger partial charge in [-0.2, -0.15) is 0 Å². The van der Waals surface area contributed by atoms with Gasteiger partial charge in [0.2, 0.25) is 0 Å². The van der Waals surface area contributed by atoms with Crippen LogP contribution in [0.15, 0.2) is 32.6 Å². The number of fused-ring (bicyclic) bond motifs is 1. The molecule has 0 unspecified atom stereocenters. The number of hydrogen-bond donors (Lipinski definition) is 1. The second kappa shape index (κ2) is 8.84. The Bertz CT molecular complexity index is 1390. The molecule has 0 spiro atoms. The molecule has 1 aliphatic rings. The number of benzene rings is 1. The van der Waals surface area contributed by atoms with Gasteiger partial charge in [-0.1, -0.05) is 19.8 Å². The average molecular weight is 552 g/mol. The van der Waals surface area contributed by atoms with Gasteiger partial charge < -0.3 is 5.32 Å². The molecule has 1 fully saturated rings. The van der Waals surface area contributed by atoms with Crippen molar-refractivity contribution < 1.29 is 4.39 Å². The average Bonchev–Trinajstić information content (AvgIpc) is 3.58. The third-order valence-electron chi connectivity index (χ3n) is 6.01. The molecule has 1 N–H and O–H groups in total. The summed E-state index contributed by atoms with van der Waals surface area (Å²) in [7, 11) is 1.55. The van der Waals surface area contributed by atoms with Crippen molar-refractivity contribution in [2.24, 2.45) is 7.05 Å². The molecule has 0 aliphatic heterocycles. The van der Waals surface area contributed by atoms with Crippen LogP contribution in [0.3, 0.4) is 0 Å². The van der Waals surface area contributed by atoms with E-state index in [1.165, 1.54) is 15.2 Å². The number of nitrogens with one attached hydrogen (secondary N) is 1. The van der Waals surface area contributed by atoms with Gasteiger partial charge in [0.15, 0.2) is 0 Å². The first-order chi connectivity index (χ1) is 15.3. The molecule has 4 rings (SSSR count). The topological polar surface area (TPSA) is 78.0 Å². The lowest BCUT2D eigenvalue weighted by Crippen LogP contribution is -2.41. The molecule has 3 aromatic rings. The second-order valence-corrected chi connectivity index (χ2v) is 9.60. The molecule has 0 bridgehead atoms. The summed E-state index contributed by atoms with van der Waals surface area (Å²) >= 11 is 2.02. The van der Waals surface area contributed by atoms with E-state index >= 15 is 0 Å². The highest BCUT2D eigenvalue weighted by Gasteiger charge is 2.31. The number of halogens is 2. The van der Waals surface area contributed by atoms with Gasteiger partial charge in [-0.15, -0.1) is 0 Å². The lowest BCUT2D eigenvalue weighted by molar-refractivity contribution is 0.545. The summed E-state index contributed by atoms with van der Waals surface area (Å²) in [6, 6.07) is 4.56. The van der Waals surface area contributed by atoms with E-state index in [0.29, 0.717) is 17.6 Å². The zero-order chi connectivity index (χ0) is 23.2. The fourth-order valence-electron chi connectivity index (χ4n) is 4.14. The number of unbranched alkanes of at least 4 members (excludes halogenated alkanes) is 2. The summed E-state index contributed by atoms with van der Waals surface area (Å²) in [6.45, 7) is 4.13. The van der Waals surface area contributed by atoms with Crippen molar-refractivity contribution in [1.82, 2.24) is 13.7 Å². The number of anilines is 2. The van der Waals surface area contributed by atoms with Crippen molar-refractivity contribution in [2.75, 3.05) is 5.32 Å². The Morgan fingerprint density at radius 3 is 2.50 bits per heavy atom. The monoisotopic (exact) mass is 552 g/mol. The fourth-order valence-corrected chi connectivity index (χ4v) is 4.59. The first-order valence-corrected chi connectivity index (χ1v) is 11.9. The van der Waals surface area contributed by atoms with E-state index in [9.17, 15) is 18.8 Å². The summed E-state index contributed by atoms with van der Waals surface area (Å²) in [5, 5.41) is 3.22. The summed E-state index contributed by atoms with van der Waals surface area (Å²) in [6.07, 6.45) is 4.22. The molecule has 9 heteroatoms. The predicted molar refractivity (Wildman–Crippen MR) is 133 cm³/mol. The predicted octanol–water partition coefficient (Wildman–Crippen LogP) is 4.18. The number of rotatable bonds is 7. The number of nitrogens with zero attached hydrogens (tertiary/aromatic N) is 3. The number of hydrogen-bond acceptors (Lipinski definition) is 4. The minimum atomic E-state index is -0.489. The Kier molecular flexibility index (Phi) is 6.28. The van der Waals surface area contributed by atoms with Gasteiger partial charge in [0, 0.05) is 28.8 Å². The van der Waals surface area contributed by atoms with Gasteiger partial charge in [-0.3, -0.25) is 23.3 Å². The van der Waals surface area contributed by atoms with Crippen LogP contribution in [0, 0.1) is 16.3 Å². The molecule has 2 aromatic heterocycles. The van der Waals surface area contributed by atoms with Gasteiger partial charge in [-0.05, 0) is 67.0 Å².